The molecule has 3 heterocycles. The van der Waals surface area contributed by atoms with Crippen molar-refractivity contribution in [3.05, 3.63) is 158 Å². The van der Waals surface area contributed by atoms with E-state index < -0.39 is 43.2 Å². The first kappa shape index (κ1) is 64.3. The number of benzene rings is 5. The Hall–Kier alpha value is -5.84. The van der Waals surface area contributed by atoms with Crippen LogP contribution in [0.1, 0.15) is 133 Å². The number of amides is 2. The largest absolute Gasteiger partial charge is 0.494 e. The monoisotopic (exact) mass is 1170 g/mol. The van der Waals surface area contributed by atoms with Crippen LogP contribution in [0.5, 0.6) is 0 Å². The molecule has 5 aromatic rings. The van der Waals surface area contributed by atoms with E-state index in [4.69, 9.17) is 28.8 Å². The molecule has 5 aromatic carbocycles. The van der Waals surface area contributed by atoms with Gasteiger partial charge in [-0.1, -0.05) is 110 Å². The molecule has 3 aliphatic rings. The number of aryl methyl sites for hydroxylation is 2. The second-order valence-electron chi connectivity index (χ2n) is 22.2. The summed E-state index contributed by atoms with van der Waals surface area (Å²) in [7, 11) is 2.70. The lowest BCUT2D eigenvalue weighted by Crippen LogP contribution is -2.59. The molecular weight excluding hydrogens is 1100 g/mol. The zero-order valence-corrected chi connectivity index (χ0v) is 49.9. The van der Waals surface area contributed by atoms with E-state index in [1.807, 2.05) is 18.2 Å². The SMILES string of the molecule is CCC1O[C@H]([C@H](C)c2ccc(B3OC(C)(C)C(C)(C)O3)cc2C)C(OCc2ccccc2)[C@@H](C)[C@@H]1C.CNC(=O)c1cc(Br)cc(C#N)c1.CNC(=O)c1cc(C#N)cc(-c2ccc([C@@H](O)[C@H]3OC(CO)[C@@H](O)[C@H](O)C3O)c(C)c2)c1. The van der Waals surface area contributed by atoms with E-state index in [0.717, 1.165) is 16.4 Å². The predicted molar refractivity (Wildman–Crippen MR) is 313 cm³/mol. The molecule has 4 unspecified atom stereocenters. The fourth-order valence-corrected chi connectivity index (χ4v) is 11.0. The first-order valence-electron chi connectivity index (χ1n) is 27.4. The van der Waals surface area contributed by atoms with Crippen LogP contribution < -0.4 is 16.1 Å². The van der Waals surface area contributed by atoms with Gasteiger partial charge in [0.1, 0.15) is 36.6 Å². The van der Waals surface area contributed by atoms with Gasteiger partial charge in [0, 0.05) is 35.6 Å². The van der Waals surface area contributed by atoms with Gasteiger partial charge in [-0.15, -0.1) is 0 Å². The van der Waals surface area contributed by atoms with Gasteiger partial charge in [0.2, 0.25) is 0 Å². The van der Waals surface area contributed by atoms with Crippen molar-refractivity contribution in [2.24, 2.45) is 11.8 Å². The van der Waals surface area contributed by atoms with Crippen LogP contribution >= 0.6 is 15.9 Å². The lowest BCUT2D eigenvalue weighted by atomic mass is 9.74. The molecule has 0 bridgehead atoms. The maximum atomic E-state index is 12.0. The highest BCUT2D eigenvalue weighted by molar-refractivity contribution is 9.10. The molecule has 0 aromatic heterocycles. The third-order valence-corrected chi connectivity index (χ3v) is 16.8. The number of nitrogens with zero attached hydrogens (tertiary/aromatic N) is 2. The number of ether oxygens (including phenoxy) is 3. The molecule has 18 heteroatoms. The van der Waals surface area contributed by atoms with E-state index in [-0.39, 0.29) is 54.4 Å². The molecule has 3 fully saturated rings. The minimum atomic E-state index is -1.59. The Morgan fingerprint density at radius 2 is 1.28 bits per heavy atom. The van der Waals surface area contributed by atoms with Gasteiger partial charge in [-0.2, -0.15) is 10.5 Å². The van der Waals surface area contributed by atoms with Gasteiger partial charge in [0.05, 0.1) is 66.0 Å². The van der Waals surface area contributed by atoms with Crippen molar-refractivity contribution >= 4 is 40.3 Å². The van der Waals surface area contributed by atoms with Gasteiger partial charge in [-0.05, 0) is 141 Å². The third kappa shape index (κ3) is 15.1. The maximum Gasteiger partial charge on any atom is 0.494 e. The van der Waals surface area contributed by atoms with Gasteiger partial charge < -0.3 is 59.7 Å². The molecule has 2 amide bonds. The van der Waals surface area contributed by atoms with Crippen molar-refractivity contribution in [2.75, 3.05) is 20.7 Å². The average molecular weight is 1170 g/mol. The minimum Gasteiger partial charge on any atom is -0.399 e. The molecule has 12 atom stereocenters. The van der Waals surface area contributed by atoms with Crippen LogP contribution in [0.2, 0.25) is 0 Å². The molecular formula is C63H78BBrN4O12. The van der Waals surface area contributed by atoms with Crippen molar-refractivity contribution in [3.8, 4) is 23.3 Å². The first-order chi connectivity index (χ1) is 38.3. The number of hydrogen-bond acceptors (Lipinski definition) is 14. The number of carbonyl (C=O) groups is 2. The van der Waals surface area contributed by atoms with E-state index in [2.05, 4.69) is 131 Å². The van der Waals surface area contributed by atoms with Crippen molar-refractivity contribution in [1.82, 2.24) is 10.6 Å². The number of aliphatic hydroxyl groups is 5. The molecule has 81 heavy (non-hydrogen) atoms. The van der Waals surface area contributed by atoms with Crippen LogP contribution in [0.4, 0.5) is 0 Å². The van der Waals surface area contributed by atoms with Gasteiger partial charge in [-0.3, -0.25) is 9.59 Å². The third-order valence-electron chi connectivity index (χ3n) is 16.3. The zero-order chi connectivity index (χ0) is 59.7. The summed E-state index contributed by atoms with van der Waals surface area (Å²) in [5.41, 5.74) is 8.10. The van der Waals surface area contributed by atoms with Crippen molar-refractivity contribution in [2.45, 2.75) is 154 Å². The Kier molecular flexibility index (Phi) is 22.2. The topological polar surface area (TPSA) is 253 Å². The van der Waals surface area contributed by atoms with E-state index in [1.54, 1.807) is 62.5 Å². The van der Waals surface area contributed by atoms with Crippen LogP contribution in [-0.4, -0.2) is 125 Å². The summed E-state index contributed by atoms with van der Waals surface area (Å²) in [5.74, 6) is 0.532. The Labute approximate surface area is 485 Å². The number of carbonyl (C=O) groups excluding carboxylic acids is 2. The van der Waals surface area contributed by atoms with Crippen LogP contribution in [-0.2, 0) is 30.1 Å². The molecule has 0 saturated carbocycles. The standard InChI is InChI=1S/C31H45BO4.C23H26N2O7.C9H7BrN2O/c1-10-27-21(3)22(4)28(33-19-24-14-12-11-13-15-24)29(34-27)23(5)26-17-16-25(18-20(26)2)32-35-30(6,7)31(8,9)36-32;1-11-5-13(14-6-12(9-24)7-15(8-14)23(31)25-2)3-4-16(11)18(27)22-21(30)20(29)19(28)17(10-26)32-22;1-12-9(13)7-2-6(5-11)3-8(10)4-7/h11-18,21-23,27-29H,10,19H2,1-9H3;3-8,17-22,26-30H,10H2,1-2H3,(H,25,31);2-4H,1H3,(H,12,13)/t21-,22-,23+,27?,28?,29+;17?,18-,19-,20+,21?,22-;/m01./s1. The van der Waals surface area contributed by atoms with Crippen molar-refractivity contribution < 1.29 is 58.6 Å². The lowest BCUT2D eigenvalue weighted by molar-refractivity contribution is -0.250. The fourth-order valence-electron chi connectivity index (χ4n) is 10.6. The number of nitriles is 2. The second kappa shape index (κ2) is 28.0. The van der Waals surface area contributed by atoms with E-state index in [0.29, 0.717) is 63.0 Å². The van der Waals surface area contributed by atoms with Crippen LogP contribution in [0.25, 0.3) is 11.1 Å². The van der Waals surface area contributed by atoms with E-state index >= 15 is 0 Å². The molecule has 3 saturated heterocycles. The number of rotatable bonds is 13. The quantitative estimate of drug-likeness (QED) is 0.0554. The molecule has 16 nitrogen and oxygen atoms in total. The van der Waals surface area contributed by atoms with E-state index in [1.165, 1.54) is 29.8 Å². The molecule has 0 radical (unpaired) electrons. The van der Waals surface area contributed by atoms with Crippen LogP contribution in [0.3, 0.4) is 0 Å². The number of nitrogens with one attached hydrogen (secondary N) is 2. The first-order valence-corrected chi connectivity index (χ1v) is 28.2. The van der Waals surface area contributed by atoms with E-state index in [9.17, 15) is 40.4 Å². The van der Waals surface area contributed by atoms with Gasteiger partial charge >= 0.3 is 7.12 Å². The minimum absolute atomic E-state index is 0.00809. The Bertz CT molecular complexity index is 3040. The van der Waals surface area contributed by atoms with Gasteiger partial charge in [-0.25, -0.2) is 0 Å². The van der Waals surface area contributed by atoms with Crippen LogP contribution in [0.15, 0.2) is 108 Å². The maximum absolute atomic E-state index is 12.0. The molecule has 8 rings (SSSR count). The summed E-state index contributed by atoms with van der Waals surface area (Å²) in [5, 5.41) is 73.4. The number of hydrogen-bond donors (Lipinski definition) is 7. The summed E-state index contributed by atoms with van der Waals surface area (Å²) in [6.45, 7) is 21.5. The zero-order valence-electron chi connectivity index (χ0n) is 48.3. The highest BCUT2D eigenvalue weighted by Crippen LogP contribution is 2.42. The number of halogens is 1. The summed E-state index contributed by atoms with van der Waals surface area (Å²) in [6.07, 6.45) is -7.12. The highest BCUT2D eigenvalue weighted by atomic mass is 79.9. The van der Waals surface area contributed by atoms with Crippen molar-refractivity contribution in [1.29, 1.82) is 10.5 Å². The highest BCUT2D eigenvalue weighted by Gasteiger charge is 2.52. The Morgan fingerprint density at radius 1 is 0.716 bits per heavy atom. The lowest BCUT2D eigenvalue weighted by Gasteiger charge is -2.47. The average Bonchev–Trinajstić information content (AvgIpc) is 3.69. The Morgan fingerprint density at radius 3 is 1.84 bits per heavy atom. The summed E-state index contributed by atoms with van der Waals surface area (Å²) in [4.78, 5) is 23.2. The number of aliphatic hydroxyl groups excluding tert-OH is 5. The molecule has 3 aliphatic heterocycles. The summed E-state index contributed by atoms with van der Waals surface area (Å²) in [6, 6.07) is 35.8. The molecule has 0 aliphatic carbocycles. The van der Waals surface area contributed by atoms with Crippen LogP contribution in [0, 0.1) is 48.3 Å². The second-order valence-corrected chi connectivity index (χ2v) is 23.2. The van der Waals surface area contributed by atoms with Gasteiger partial charge in [0.25, 0.3) is 11.8 Å². The summed E-state index contributed by atoms with van der Waals surface area (Å²) < 4.78 is 32.2. The van der Waals surface area contributed by atoms with Gasteiger partial charge in [0.15, 0.2) is 0 Å². The smallest absolute Gasteiger partial charge is 0.399 e. The Balaban J connectivity index is 0.000000215. The molecule has 432 valence electrons. The predicted octanol–water partition coefficient (Wildman–Crippen LogP) is 7.88. The molecule has 7 N–H and O–H groups in total. The molecule has 0 spiro atoms. The fraction of sp³-hybridized carbons (Fsp3) is 0.460. The summed E-state index contributed by atoms with van der Waals surface area (Å²) >= 11 is 3.22. The normalized spacial score (nSPS) is 25.3. The van der Waals surface area contributed by atoms with Crippen molar-refractivity contribution in [3.63, 3.8) is 0 Å².